The highest BCUT2D eigenvalue weighted by molar-refractivity contribution is 4.74. The van der Waals surface area contributed by atoms with Crippen LogP contribution in [0.1, 0.15) is 6.92 Å². The van der Waals surface area contributed by atoms with E-state index in [1.54, 1.807) is 0 Å². The molecule has 2 unspecified atom stereocenters. The molecule has 3 nitrogen and oxygen atoms in total. The van der Waals surface area contributed by atoms with Crippen molar-refractivity contribution in [2.24, 2.45) is 0 Å². The molecule has 0 amide bonds. The molecule has 0 bridgehead atoms. The summed E-state index contributed by atoms with van der Waals surface area (Å²) in [7, 11) is 0. The minimum absolute atomic E-state index is 0.147. The molecule has 3 heteroatoms. The molecule has 54 valence electrons. The Balaban J connectivity index is 2.23. The van der Waals surface area contributed by atoms with E-state index in [2.05, 4.69) is 5.32 Å². The van der Waals surface area contributed by atoms with E-state index in [1.165, 1.54) is 0 Å². The first-order chi connectivity index (χ1) is 4.33. The highest BCUT2D eigenvalue weighted by atomic mass is 16.5. The van der Waals surface area contributed by atoms with Crippen LogP contribution in [0.25, 0.3) is 0 Å². The number of hydrogen-bond donors (Lipinski definition) is 2. The monoisotopic (exact) mass is 131 g/mol. The minimum Gasteiger partial charge on any atom is -0.395 e. The van der Waals surface area contributed by atoms with Gasteiger partial charge in [0.25, 0.3) is 0 Å². The average Bonchev–Trinajstić information content (AvgIpc) is 1.88. The first kappa shape index (κ1) is 6.99. The molecule has 1 rings (SSSR count). The summed E-state index contributed by atoms with van der Waals surface area (Å²) in [5, 5.41) is 11.9. The van der Waals surface area contributed by atoms with Gasteiger partial charge in [0, 0.05) is 6.04 Å². The lowest BCUT2D eigenvalue weighted by atomic mass is 10.2. The zero-order valence-electron chi connectivity index (χ0n) is 5.63. The fraction of sp³-hybridized carbons (Fsp3) is 1.00. The Labute approximate surface area is 55.0 Å². The zero-order valence-corrected chi connectivity index (χ0v) is 5.63. The van der Waals surface area contributed by atoms with Crippen LogP contribution in [0.2, 0.25) is 0 Å². The van der Waals surface area contributed by atoms with Crippen LogP contribution in [0.15, 0.2) is 0 Å². The Kier molecular flexibility index (Phi) is 2.45. The van der Waals surface area contributed by atoms with Crippen LogP contribution in [0.3, 0.4) is 0 Å². The molecule has 2 N–H and O–H groups in total. The quantitative estimate of drug-likeness (QED) is 0.497. The Morgan fingerprint density at radius 3 is 2.89 bits per heavy atom. The smallest absolute Gasteiger partial charge is 0.0642 e. The molecule has 0 aromatic heterocycles. The molecule has 0 aliphatic carbocycles. The van der Waals surface area contributed by atoms with Crippen molar-refractivity contribution in [1.29, 1.82) is 0 Å². The molecule has 2 atom stereocenters. The lowest BCUT2D eigenvalue weighted by Gasteiger charge is -2.27. The van der Waals surface area contributed by atoms with Gasteiger partial charge in [0.2, 0.25) is 0 Å². The van der Waals surface area contributed by atoms with Crippen LogP contribution in [0.5, 0.6) is 0 Å². The average molecular weight is 131 g/mol. The number of ether oxygens (including phenoxy) is 1. The molecule has 0 aromatic carbocycles. The third-order valence-corrected chi connectivity index (χ3v) is 1.43. The van der Waals surface area contributed by atoms with Crippen LogP contribution < -0.4 is 5.32 Å². The van der Waals surface area contributed by atoms with E-state index < -0.39 is 0 Å². The number of morpholine rings is 1. The van der Waals surface area contributed by atoms with Crippen molar-refractivity contribution in [3.05, 3.63) is 0 Å². The van der Waals surface area contributed by atoms with E-state index in [1.807, 2.05) is 6.92 Å². The molecule has 0 spiro atoms. The molecular weight excluding hydrogens is 118 g/mol. The van der Waals surface area contributed by atoms with E-state index in [0.717, 1.165) is 6.61 Å². The lowest BCUT2D eigenvalue weighted by molar-refractivity contribution is 0.0316. The van der Waals surface area contributed by atoms with Crippen molar-refractivity contribution in [2.75, 3.05) is 19.8 Å². The molecule has 1 aliphatic heterocycles. The van der Waals surface area contributed by atoms with Crippen molar-refractivity contribution < 1.29 is 9.84 Å². The summed E-state index contributed by atoms with van der Waals surface area (Å²) in [5.41, 5.74) is 0. The van der Waals surface area contributed by atoms with Gasteiger partial charge in [-0.15, -0.1) is 0 Å². The Morgan fingerprint density at radius 1 is 1.67 bits per heavy atom. The normalized spacial score (nSPS) is 36.7. The van der Waals surface area contributed by atoms with E-state index in [4.69, 9.17) is 9.84 Å². The van der Waals surface area contributed by atoms with Gasteiger partial charge in [0.1, 0.15) is 0 Å². The van der Waals surface area contributed by atoms with Gasteiger partial charge in [-0.2, -0.15) is 0 Å². The van der Waals surface area contributed by atoms with E-state index in [0.29, 0.717) is 12.6 Å². The second-order valence-corrected chi connectivity index (χ2v) is 2.48. The third-order valence-electron chi connectivity index (χ3n) is 1.43. The molecule has 1 fully saturated rings. The topological polar surface area (TPSA) is 41.5 Å². The number of aliphatic hydroxyl groups is 1. The Morgan fingerprint density at radius 2 is 2.44 bits per heavy atom. The molecule has 9 heavy (non-hydrogen) atoms. The lowest BCUT2D eigenvalue weighted by Crippen LogP contribution is -2.49. The minimum atomic E-state index is 0.147. The number of nitrogens with one attached hydrogen (secondary N) is 1. The third kappa shape index (κ3) is 1.93. The predicted octanol–water partition coefficient (Wildman–Crippen LogP) is -0.644. The maximum Gasteiger partial charge on any atom is 0.0642 e. The van der Waals surface area contributed by atoms with Gasteiger partial charge < -0.3 is 15.2 Å². The molecule has 1 saturated heterocycles. The summed E-state index contributed by atoms with van der Waals surface area (Å²) in [6.45, 7) is 3.61. The van der Waals surface area contributed by atoms with Gasteiger partial charge in [-0.1, -0.05) is 0 Å². The van der Waals surface area contributed by atoms with Gasteiger partial charge in [-0.05, 0) is 6.92 Å². The standard InChI is InChI=1S/C6H13NO2/c1-5-3-9-4-6(2-8)7-5/h5-8H,2-4H2,1H3. The van der Waals surface area contributed by atoms with Crippen molar-refractivity contribution in [1.82, 2.24) is 5.32 Å². The van der Waals surface area contributed by atoms with Gasteiger partial charge in [0.05, 0.1) is 25.9 Å². The molecule has 0 saturated carbocycles. The summed E-state index contributed by atoms with van der Waals surface area (Å²) in [6, 6.07) is 0.532. The highest BCUT2D eigenvalue weighted by Gasteiger charge is 2.16. The summed E-state index contributed by atoms with van der Waals surface area (Å²) < 4.78 is 5.16. The SMILES string of the molecule is CC1COCC(CO)N1. The van der Waals surface area contributed by atoms with E-state index >= 15 is 0 Å². The molecule has 1 heterocycles. The van der Waals surface area contributed by atoms with E-state index in [9.17, 15) is 0 Å². The molecular formula is C6H13NO2. The maximum absolute atomic E-state index is 8.67. The first-order valence-corrected chi connectivity index (χ1v) is 3.27. The molecule has 0 aromatic rings. The van der Waals surface area contributed by atoms with Crippen LogP contribution in [0, 0.1) is 0 Å². The Bertz CT molecular complexity index is 87.1. The summed E-state index contributed by atoms with van der Waals surface area (Å²) in [6.07, 6.45) is 0. The van der Waals surface area contributed by atoms with Crippen LogP contribution in [-0.4, -0.2) is 37.0 Å². The van der Waals surface area contributed by atoms with Crippen LogP contribution in [-0.2, 0) is 4.74 Å². The highest BCUT2D eigenvalue weighted by Crippen LogP contribution is 1.96. The Hall–Kier alpha value is -0.120. The second-order valence-electron chi connectivity index (χ2n) is 2.48. The van der Waals surface area contributed by atoms with E-state index in [-0.39, 0.29) is 12.6 Å². The maximum atomic E-state index is 8.67. The van der Waals surface area contributed by atoms with Gasteiger partial charge in [-0.3, -0.25) is 0 Å². The number of hydrogen-bond acceptors (Lipinski definition) is 3. The summed E-state index contributed by atoms with van der Waals surface area (Å²) in [4.78, 5) is 0. The largest absolute Gasteiger partial charge is 0.395 e. The predicted molar refractivity (Wildman–Crippen MR) is 34.3 cm³/mol. The van der Waals surface area contributed by atoms with Crippen molar-refractivity contribution >= 4 is 0 Å². The summed E-state index contributed by atoms with van der Waals surface area (Å²) in [5.74, 6) is 0. The van der Waals surface area contributed by atoms with Crippen molar-refractivity contribution in [2.45, 2.75) is 19.0 Å². The fourth-order valence-electron chi connectivity index (χ4n) is 0.991. The zero-order chi connectivity index (χ0) is 6.69. The first-order valence-electron chi connectivity index (χ1n) is 3.27. The van der Waals surface area contributed by atoms with Crippen LogP contribution >= 0.6 is 0 Å². The number of rotatable bonds is 1. The van der Waals surface area contributed by atoms with Gasteiger partial charge >= 0.3 is 0 Å². The van der Waals surface area contributed by atoms with Gasteiger partial charge in [-0.25, -0.2) is 0 Å². The van der Waals surface area contributed by atoms with Gasteiger partial charge in [0.15, 0.2) is 0 Å². The van der Waals surface area contributed by atoms with Crippen LogP contribution in [0.4, 0.5) is 0 Å². The molecule has 0 radical (unpaired) electrons. The van der Waals surface area contributed by atoms with Crippen molar-refractivity contribution in [3.8, 4) is 0 Å². The fourth-order valence-corrected chi connectivity index (χ4v) is 0.991. The molecule has 1 aliphatic rings. The summed E-state index contributed by atoms with van der Waals surface area (Å²) >= 11 is 0. The number of aliphatic hydroxyl groups excluding tert-OH is 1. The van der Waals surface area contributed by atoms with Crippen molar-refractivity contribution in [3.63, 3.8) is 0 Å². The second kappa shape index (κ2) is 3.15.